The Labute approximate surface area is 95.4 Å². The van der Waals surface area contributed by atoms with Crippen molar-refractivity contribution in [2.75, 3.05) is 6.54 Å². The minimum Gasteiger partial charge on any atom is -0.467 e. The maximum atomic E-state index is 11.7. The lowest BCUT2D eigenvalue weighted by Crippen LogP contribution is -2.33. The number of amides is 1. The predicted molar refractivity (Wildman–Crippen MR) is 60.9 cm³/mol. The zero-order chi connectivity index (χ0) is 11.4. The minimum atomic E-state index is -0.0519. The molecule has 0 aliphatic carbocycles. The molecule has 0 saturated carbocycles. The van der Waals surface area contributed by atoms with Crippen LogP contribution in [-0.2, 0) is 4.79 Å². The molecule has 1 aliphatic heterocycles. The standard InChI is InChI=1S/C12H18N2O2/c1-9(11-5-3-7-16-11)14-12(15)8-10-4-2-6-13-10/h3,5,7,9-10,13H,2,4,6,8H2,1H3,(H,14,15)/t9-,10?/m1/s1. The Morgan fingerprint density at radius 2 is 2.62 bits per heavy atom. The zero-order valence-corrected chi connectivity index (χ0v) is 9.53. The van der Waals surface area contributed by atoms with Crippen molar-refractivity contribution in [2.24, 2.45) is 0 Å². The van der Waals surface area contributed by atoms with E-state index in [1.807, 2.05) is 19.1 Å². The number of nitrogens with one attached hydrogen (secondary N) is 2. The van der Waals surface area contributed by atoms with Crippen molar-refractivity contribution in [3.05, 3.63) is 24.2 Å². The van der Waals surface area contributed by atoms with Crippen LogP contribution in [0, 0.1) is 0 Å². The number of furan rings is 1. The Bertz CT molecular complexity index is 329. The van der Waals surface area contributed by atoms with Crippen molar-refractivity contribution < 1.29 is 9.21 Å². The maximum Gasteiger partial charge on any atom is 0.222 e. The second kappa shape index (κ2) is 5.16. The monoisotopic (exact) mass is 222 g/mol. The van der Waals surface area contributed by atoms with E-state index in [0.29, 0.717) is 12.5 Å². The molecule has 1 unspecified atom stereocenters. The molecule has 1 aromatic rings. The topological polar surface area (TPSA) is 54.3 Å². The molecule has 4 nitrogen and oxygen atoms in total. The van der Waals surface area contributed by atoms with Gasteiger partial charge in [0.05, 0.1) is 12.3 Å². The van der Waals surface area contributed by atoms with Gasteiger partial charge in [-0.15, -0.1) is 0 Å². The third kappa shape index (κ3) is 2.85. The summed E-state index contributed by atoms with van der Waals surface area (Å²) in [6, 6.07) is 4.00. The Morgan fingerprint density at radius 1 is 1.75 bits per heavy atom. The SMILES string of the molecule is C[C@@H](NC(=O)CC1CCCN1)c1ccco1. The van der Waals surface area contributed by atoms with Gasteiger partial charge in [-0.2, -0.15) is 0 Å². The van der Waals surface area contributed by atoms with Gasteiger partial charge < -0.3 is 15.1 Å². The highest BCUT2D eigenvalue weighted by atomic mass is 16.3. The third-order valence-electron chi connectivity index (χ3n) is 2.94. The number of hydrogen-bond acceptors (Lipinski definition) is 3. The number of rotatable bonds is 4. The van der Waals surface area contributed by atoms with Crippen LogP contribution in [0.15, 0.2) is 22.8 Å². The van der Waals surface area contributed by atoms with Crippen molar-refractivity contribution in [2.45, 2.75) is 38.3 Å². The summed E-state index contributed by atoms with van der Waals surface area (Å²) < 4.78 is 5.24. The van der Waals surface area contributed by atoms with Crippen LogP contribution in [0.4, 0.5) is 0 Å². The molecule has 0 aromatic carbocycles. The van der Waals surface area contributed by atoms with Crippen LogP contribution >= 0.6 is 0 Å². The summed E-state index contributed by atoms with van der Waals surface area (Å²) in [4.78, 5) is 11.7. The molecule has 0 spiro atoms. The highest BCUT2D eigenvalue weighted by Crippen LogP contribution is 2.13. The lowest BCUT2D eigenvalue weighted by molar-refractivity contribution is -0.122. The molecule has 1 amide bonds. The summed E-state index contributed by atoms with van der Waals surface area (Å²) in [6.07, 6.45) is 4.45. The molecule has 2 N–H and O–H groups in total. The average Bonchev–Trinajstić information content (AvgIpc) is 2.88. The molecule has 16 heavy (non-hydrogen) atoms. The second-order valence-corrected chi connectivity index (χ2v) is 4.30. The first kappa shape index (κ1) is 11.2. The van der Waals surface area contributed by atoms with Crippen LogP contribution in [0.3, 0.4) is 0 Å². The van der Waals surface area contributed by atoms with Crippen molar-refractivity contribution >= 4 is 5.91 Å². The Balaban J connectivity index is 1.78. The Morgan fingerprint density at radius 3 is 3.25 bits per heavy atom. The smallest absolute Gasteiger partial charge is 0.222 e. The van der Waals surface area contributed by atoms with E-state index in [1.165, 1.54) is 6.42 Å². The lowest BCUT2D eigenvalue weighted by Gasteiger charge is -2.14. The van der Waals surface area contributed by atoms with Crippen LogP contribution in [0.1, 0.15) is 38.0 Å². The number of hydrogen-bond donors (Lipinski definition) is 2. The van der Waals surface area contributed by atoms with Crippen molar-refractivity contribution in [3.8, 4) is 0 Å². The molecule has 2 heterocycles. The Kier molecular flexibility index (Phi) is 3.62. The zero-order valence-electron chi connectivity index (χ0n) is 9.53. The van der Waals surface area contributed by atoms with Crippen LogP contribution in [0.2, 0.25) is 0 Å². The van der Waals surface area contributed by atoms with Crippen molar-refractivity contribution in [1.29, 1.82) is 0 Å². The van der Waals surface area contributed by atoms with Gasteiger partial charge in [0.1, 0.15) is 5.76 Å². The molecule has 1 aliphatic rings. The summed E-state index contributed by atoms with van der Waals surface area (Å²) in [5.41, 5.74) is 0. The molecule has 0 bridgehead atoms. The molecule has 2 atom stereocenters. The van der Waals surface area contributed by atoms with Gasteiger partial charge in [-0.3, -0.25) is 4.79 Å². The van der Waals surface area contributed by atoms with E-state index in [0.717, 1.165) is 18.7 Å². The number of carbonyl (C=O) groups excluding carboxylic acids is 1. The first-order chi connectivity index (χ1) is 7.75. The van der Waals surface area contributed by atoms with E-state index < -0.39 is 0 Å². The first-order valence-corrected chi connectivity index (χ1v) is 5.82. The van der Waals surface area contributed by atoms with E-state index in [9.17, 15) is 4.79 Å². The van der Waals surface area contributed by atoms with E-state index >= 15 is 0 Å². The molecule has 2 rings (SSSR count). The molecule has 0 radical (unpaired) electrons. The van der Waals surface area contributed by atoms with Gasteiger partial charge in [0.15, 0.2) is 0 Å². The van der Waals surface area contributed by atoms with Gasteiger partial charge >= 0.3 is 0 Å². The van der Waals surface area contributed by atoms with Gasteiger partial charge in [-0.05, 0) is 38.4 Å². The summed E-state index contributed by atoms with van der Waals surface area (Å²) >= 11 is 0. The van der Waals surface area contributed by atoms with E-state index in [4.69, 9.17) is 4.42 Å². The minimum absolute atomic E-state index is 0.0519. The van der Waals surface area contributed by atoms with Crippen LogP contribution in [0.5, 0.6) is 0 Å². The van der Waals surface area contributed by atoms with Crippen molar-refractivity contribution in [3.63, 3.8) is 0 Å². The molecule has 1 aromatic heterocycles. The van der Waals surface area contributed by atoms with E-state index in [-0.39, 0.29) is 11.9 Å². The molecular formula is C12H18N2O2. The molecular weight excluding hydrogens is 204 g/mol. The summed E-state index contributed by atoms with van der Waals surface area (Å²) in [6.45, 7) is 2.96. The quantitative estimate of drug-likeness (QED) is 0.813. The summed E-state index contributed by atoms with van der Waals surface area (Å²) in [5.74, 6) is 0.885. The molecule has 88 valence electrons. The third-order valence-corrected chi connectivity index (χ3v) is 2.94. The van der Waals surface area contributed by atoms with Crippen molar-refractivity contribution in [1.82, 2.24) is 10.6 Å². The van der Waals surface area contributed by atoms with Gasteiger partial charge in [0.25, 0.3) is 0 Å². The lowest BCUT2D eigenvalue weighted by atomic mass is 10.1. The second-order valence-electron chi connectivity index (χ2n) is 4.30. The fourth-order valence-electron chi connectivity index (χ4n) is 2.06. The fraction of sp³-hybridized carbons (Fsp3) is 0.583. The predicted octanol–water partition coefficient (Wildman–Crippen LogP) is 1.60. The summed E-state index contributed by atoms with van der Waals surface area (Å²) in [5, 5.41) is 6.25. The van der Waals surface area contributed by atoms with Gasteiger partial charge in [-0.25, -0.2) is 0 Å². The highest BCUT2D eigenvalue weighted by molar-refractivity contribution is 5.77. The maximum absolute atomic E-state index is 11.7. The van der Waals surface area contributed by atoms with Gasteiger partial charge in [0, 0.05) is 12.5 Å². The summed E-state index contributed by atoms with van der Waals surface area (Å²) in [7, 11) is 0. The van der Waals surface area contributed by atoms with Gasteiger partial charge in [-0.1, -0.05) is 0 Å². The first-order valence-electron chi connectivity index (χ1n) is 5.82. The fourth-order valence-corrected chi connectivity index (χ4v) is 2.06. The molecule has 1 saturated heterocycles. The molecule has 4 heteroatoms. The average molecular weight is 222 g/mol. The van der Waals surface area contributed by atoms with Crippen LogP contribution < -0.4 is 10.6 Å². The van der Waals surface area contributed by atoms with Crippen LogP contribution in [0.25, 0.3) is 0 Å². The van der Waals surface area contributed by atoms with Gasteiger partial charge in [0.2, 0.25) is 5.91 Å². The largest absolute Gasteiger partial charge is 0.467 e. The molecule has 1 fully saturated rings. The number of carbonyl (C=O) groups is 1. The Hall–Kier alpha value is -1.29. The van der Waals surface area contributed by atoms with E-state index in [2.05, 4.69) is 10.6 Å². The highest BCUT2D eigenvalue weighted by Gasteiger charge is 2.19. The normalized spacial score (nSPS) is 21.9. The van der Waals surface area contributed by atoms with Crippen LogP contribution in [-0.4, -0.2) is 18.5 Å². The van der Waals surface area contributed by atoms with E-state index in [1.54, 1.807) is 6.26 Å².